The maximum atomic E-state index is 3.83. The van der Waals surface area contributed by atoms with Crippen molar-refractivity contribution in [3.8, 4) is 0 Å². The number of hydrogen-bond donors (Lipinski definition) is 0. The summed E-state index contributed by atoms with van der Waals surface area (Å²) in [7, 11) is 0. The molecule has 0 spiro atoms. The Kier molecular flexibility index (Phi) is 1.00. The van der Waals surface area contributed by atoms with Crippen LogP contribution < -0.4 is 0 Å². The van der Waals surface area contributed by atoms with Crippen LogP contribution in [-0.2, 0) is 0 Å². The molecule has 47 valence electrons. The average molecular weight is 132 g/mol. The van der Waals surface area contributed by atoms with Crippen LogP contribution in [-0.4, -0.2) is 25.1 Å². The van der Waals surface area contributed by atoms with Gasteiger partial charge in [-0.3, -0.25) is 0 Å². The molecule has 0 unspecified atom stereocenters. The second-order valence-corrected chi connectivity index (χ2v) is 1.61. The SMILES string of the molecule is [c]1cnc2nncnc2n1. The van der Waals surface area contributed by atoms with Gasteiger partial charge >= 0.3 is 0 Å². The van der Waals surface area contributed by atoms with Crippen molar-refractivity contribution in [1.82, 2.24) is 25.1 Å². The molecule has 0 N–H and O–H groups in total. The molecule has 5 nitrogen and oxygen atoms in total. The lowest BCUT2D eigenvalue weighted by atomic mass is 10.6. The quantitative estimate of drug-likeness (QED) is 0.488. The minimum atomic E-state index is 0.446. The van der Waals surface area contributed by atoms with Crippen molar-refractivity contribution >= 4 is 11.3 Å². The van der Waals surface area contributed by atoms with Crippen LogP contribution >= 0.6 is 0 Å². The number of hydrogen-bond acceptors (Lipinski definition) is 5. The number of fused-ring (bicyclic) bond motifs is 1. The summed E-state index contributed by atoms with van der Waals surface area (Å²) in [5.74, 6) is 0. The van der Waals surface area contributed by atoms with Crippen LogP contribution in [0.4, 0.5) is 0 Å². The largest absolute Gasteiger partial charge is 0.230 e. The Morgan fingerprint density at radius 2 is 2.20 bits per heavy atom. The van der Waals surface area contributed by atoms with Crippen LogP contribution in [0, 0.1) is 6.20 Å². The predicted octanol–water partition coefficient (Wildman–Crippen LogP) is -0.385. The first-order valence-electron chi connectivity index (χ1n) is 2.63. The lowest BCUT2D eigenvalue weighted by molar-refractivity contribution is 0.984. The highest BCUT2D eigenvalue weighted by atomic mass is 15.2. The molecular formula is C5H2N5. The second-order valence-electron chi connectivity index (χ2n) is 1.61. The molecule has 0 saturated carbocycles. The lowest BCUT2D eigenvalue weighted by Gasteiger charge is -1.87. The molecule has 0 aliphatic carbocycles. The predicted molar refractivity (Wildman–Crippen MR) is 31.8 cm³/mol. The Morgan fingerprint density at radius 1 is 1.20 bits per heavy atom. The maximum absolute atomic E-state index is 3.83. The Balaban J connectivity index is 2.89. The van der Waals surface area contributed by atoms with Crippen molar-refractivity contribution in [3.05, 3.63) is 18.7 Å². The molecule has 5 heteroatoms. The first kappa shape index (κ1) is 5.16. The van der Waals surface area contributed by atoms with Crippen molar-refractivity contribution in [2.75, 3.05) is 0 Å². The molecule has 0 fully saturated rings. The van der Waals surface area contributed by atoms with Gasteiger partial charge in [-0.25, -0.2) is 15.0 Å². The van der Waals surface area contributed by atoms with Gasteiger partial charge in [0.15, 0.2) is 0 Å². The van der Waals surface area contributed by atoms with Gasteiger partial charge in [-0.1, -0.05) is 0 Å². The third-order valence-electron chi connectivity index (χ3n) is 0.999. The topological polar surface area (TPSA) is 64.5 Å². The van der Waals surface area contributed by atoms with E-state index in [1.54, 1.807) is 0 Å². The summed E-state index contributed by atoms with van der Waals surface area (Å²) in [6, 6.07) is 0. The van der Waals surface area contributed by atoms with E-state index in [0.29, 0.717) is 11.3 Å². The summed E-state index contributed by atoms with van der Waals surface area (Å²) < 4.78 is 0. The maximum Gasteiger partial charge on any atom is 0.219 e. The van der Waals surface area contributed by atoms with E-state index < -0.39 is 0 Å². The van der Waals surface area contributed by atoms with Crippen LogP contribution in [0.3, 0.4) is 0 Å². The van der Waals surface area contributed by atoms with Gasteiger partial charge in [-0.15, -0.1) is 10.2 Å². The van der Waals surface area contributed by atoms with Gasteiger partial charge in [0.05, 0.1) is 6.20 Å². The molecule has 2 heterocycles. The highest BCUT2D eigenvalue weighted by Crippen LogP contribution is 1.93. The molecule has 2 aromatic heterocycles. The molecule has 10 heavy (non-hydrogen) atoms. The van der Waals surface area contributed by atoms with Crippen molar-refractivity contribution in [2.24, 2.45) is 0 Å². The van der Waals surface area contributed by atoms with E-state index >= 15 is 0 Å². The molecule has 0 bridgehead atoms. The number of aromatic nitrogens is 5. The van der Waals surface area contributed by atoms with E-state index in [1.165, 1.54) is 12.5 Å². The van der Waals surface area contributed by atoms with Gasteiger partial charge in [-0.05, 0) is 0 Å². The molecule has 0 atom stereocenters. The zero-order valence-corrected chi connectivity index (χ0v) is 4.89. The molecule has 0 aromatic carbocycles. The van der Waals surface area contributed by atoms with E-state index in [9.17, 15) is 0 Å². The number of nitrogens with zero attached hydrogens (tertiary/aromatic N) is 5. The Hall–Kier alpha value is -1.65. The summed E-state index contributed by atoms with van der Waals surface area (Å²) in [5, 5.41) is 7.21. The monoisotopic (exact) mass is 132 g/mol. The fourth-order valence-electron chi connectivity index (χ4n) is 0.606. The van der Waals surface area contributed by atoms with E-state index in [4.69, 9.17) is 0 Å². The first-order valence-corrected chi connectivity index (χ1v) is 2.63. The summed E-state index contributed by atoms with van der Waals surface area (Å²) in [6.45, 7) is 0. The van der Waals surface area contributed by atoms with E-state index in [1.807, 2.05) is 0 Å². The fraction of sp³-hybridized carbons (Fsp3) is 0. The minimum absolute atomic E-state index is 0.446. The van der Waals surface area contributed by atoms with Crippen molar-refractivity contribution < 1.29 is 0 Å². The van der Waals surface area contributed by atoms with Gasteiger partial charge in [0.1, 0.15) is 12.5 Å². The van der Waals surface area contributed by atoms with E-state index in [-0.39, 0.29) is 0 Å². The second kappa shape index (κ2) is 1.94. The third kappa shape index (κ3) is 0.680. The molecular weight excluding hydrogens is 130 g/mol. The van der Waals surface area contributed by atoms with Crippen LogP contribution in [0.5, 0.6) is 0 Å². The molecule has 0 aliphatic rings. The van der Waals surface area contributed by atoms with Crippen LogP contribution in [0.1, 0.15) is 0 Å². The third-order valence-corrected chi connectivity index (χ3v) is 0.999. The van der Waals surface area contributed by atoms with Gasteiger partial charge in [0.2, 0.25) is 11.3 Å². The zero-order valence-electron chi connectivity index (χ0n) is 4.89. The van der Waals surface area contributed by atoms with Gasteiger partial charge in [0.25, 0.3) is 0 Å². The molecule has 0 amide bonds. The number of rotatable bonds is 0. The van der Waals surface area contributed by atoms with Crippen molar-refractivity contribution in [3.63, 3.8) is 0 Å². The van der Waals surface area contributed by atoms with Gasteiger partial charge < -0.3 is 0 Å². The average Bonchev–Trinajstić information content (AvgIpc) is 2.05. The summed E-state index contributed by atoms with van der Waals surface area (Å²) in [4.78, 5) is 11.4. The molecule has 2 aromatic rings. The molecule has 0 saturated heterocycles. The minimum Gasteiger partial charge on any atom is -0.230 e. The fourth-order valence-corrected chi connectivity index (χ4v) is 0.606. The molecule has 2 rings (SSSR count). The van der Waals surface area contributed by atoms with Crippen LogP contribution in [0.2, 0.25) is 0 Å². The smallest absolute Gasteiger partial charge is 0.219 e. The highest BCUT2D eigenvalue weighted by Gasteiger charge is 1.93. The van der Waals surface area contributed by atoms with E-state index in [0.717, 1.165) is 0 Å². The highest BCUT2D eigenvalue weighted by molar-refractivity contribution is 5.61. The van der Waals surface area contributed by atoms with Gasteiger partial charge in [0, 0.05) is 0 Å². The lowest BCUT2D eigenvalue weighted by Crippen LogP contribution is -1.91. The van der Waals surface area contributed by atoms with Crippen molar-refractivity contribution in [2.45, 2.75) is 0 Å². The Labute approximate surface area is 56.2 Å². The van der Waals surface area contributed by atoms with Gasteiger partial charge in [-0.2, -0.15) is 0 Å². The molecule has 0 aliphatic heterocycles. The summed E-state index contributed by atoms with van der Waals surface area (Å²) >= 11 is 0. The standard InChI is InChI=1S/C5H2N5/c1-2-7-5-4(6-1)8-3-9-10-5/h2-3H. The Bertz CT molecular complexity index is 281. The first-order chi connectivity index (χ1) is 4.97. The van der Waals surface area contributed by atoms with Crippen LogP contribution in [0.15, 0.2) is 12.5 Å². The van der Waals surface area contributed by atoms with Crippen LogP contribution in [0.25, 0.3) is 11.3 Å². The summed E-state index contributed by atoms with van der Waals surface area (Å²) in [5.41, 5.74) is 0.916. The summed E-state index contributed by atoms with van der Waals surface area (Å²) in [6.07, 6.45) is 5.30. The zero-order chi connectivity index (χ0) is 6.81. The van der Waals surface area contributed by atoms with Crippen molar-refractivity contribution in [1.29, 1.82) is 0 Å². The normalized spacial score (nSPS) is 10.0. The molecule has 1 radical (unpaired) electrons. The Morgan fingerprint density at radius 3 is 3.10 bits per heavy atom. The van der Waals surface area contributed by atoms with E-state index in [2.05, 4.69) is 31.3 Å².